The number of rotatable bonds is 7. The Morgan fingerprint density at radius 1 is 1.15 bits per heavy atom. The van der Waals surface area contributed by atoms with Gasteiger partial charge in [-0.25, -0.2) is 13.2 Å². The van der Waals surface area contributed by atoms with Crippen molar-refractivity contribution in [3.63, 3.8) is 0 Å². The van der Waals surface area contributed by atoms with Gasteiger partial charge in [0.05, 0.1) is 12.8 Å². The summed E-state index contributed by atoms with van der Waals surface area (Å²) in [5.74, 6) is -4.18. The van der Waals surface area contributed by atoms with Crippen molar-refractivity contribution in [3.05, 3.63) is 72.1 Å². The molecule has 0 aliphatic heterocycles. The molecule has 7 heteroatoms. The summed E-state index contributed by atoms with van der Waals surface area (Å²) in [5.41, 5.74) is 0.165. The predicted molar refractivity (Wildman–Crippen MR) is 92.7 cm³/mol. The molecule has 136 valence electrons. The number of ether oxygens (including phenoxy) is 2. The lowest BCUT2D eigenvalue weighted by Crippen LogP contribution is -2.10. The minimum Gasteiger partial charge on any atom is -0.493 e. The molecule has 0 unspecified atom stereocenters. The zero-order chi connectivity index (χ0) is 19.1. The summed E-state index contributed by atoms with van der Waals surface area (Å²) >= 11 is 0. The highest BCUT2D eigenvalue weighted by atomic mass is 19.2. The first-order valence-electron chi connectivity index (χ1n) is 7.50. The van der Waals surface area contributed by atoms with E-state index in [9.17, 15) is 18.0 Å². The van der Waals surface area contributed by atoms with E-state index in [1.165, 1.54) is 13.2 Å². The van der Waals surface area contributed by atoms with Gasteiger partial charge >= 0.3 is 0 Å². The highest BCUT2D eigenvalue weighted by Crippen LogP contribution is 2.28. The first kappa shape index (κ1) is 19.1. The normalized spacial score (nSPS) is 10.6. The Hall–Kier alpha value is -3.22. The fraction of sp³-hybridized carbons (Fsp3) is 0.105. The standard InChI is InChI=1S/C19H16F3NO3/c1-3-10-26-15-8-4-12(11-16(15)25-2)5-9-17(24)23-14-7-6-13(20)18(21)19(14)22/h3-9,11H,1,10H2,2H3,(H,23,24)/b9-5+. The molecule has 0 heterocycles. The summed E-state index contributed by atoms with van der Waals surface area (Å²) < 4.78 is 50.2. The Morgan fingerprint density at radius 2 is 1.92 bits per heavy atom. The topological polar surface area (TPSA) is 47.6 Å². The molecule has 0 aromatic heterocycles. The van der Waals surface area contributed by atoms with Crippen LogP contribution in [0.5, 0.6) is 11.5 Å². The Labute approximate surface area is 148 Å². The van der Waals surface area contributed by atoms with Crippen molar-refractivity contribution in [2.24, 2.45) is 0 Å². The highest BCUT2D eigenvalue weighted by Gasteiger charge is 2.14. The van der Waals surface area contributed by atoms with Gasteiger partial charge in [-0.15, -0.1) is 0 Å². The molecule has 0 radical (unpaired) electrons. The molecule has 1 N–H and O–H groups in total. The number of hydrogen-bond acceptors (Lipinski definition) is 3. The maximum atomic E-state index is 13.5. The summed E-state index contributed by atoms with van der Waals surface area (Å²) in [6, 6.07) is 6.65. The van der Waals surface area contributed by atoms with Gasteiger partial charge in [-0.05, 0) is 35.9 Å². The van der Waals surface area contributed by atoms with Crippen LogP contribution < -0.4 is 14.8 Å². The number of methoxy groups -OCH3 is 1. The van der Waals surface area contributed by atoms with E-state index in [0.29, 0.717) is 23.7 Å². The maximum Gasteiger partial charge on any atom is 0.248 e. The van der Waals surface area contributed by atoms with Gasteiger partial charge in [0.1, 0.15) is 6.61 Å². The Bertz CT molecular complexity index is 850. The highest BCUT2D eigenvalue weighted by molar-refractivity contribution is 6.02. The zero-order valence-electron chi connectivity index (χ0n) is 13.9. The summed E-state index contributed by atoms with van der Waals surface area (Å²) in [7, 11) is 1.47. The fourth-order valence-electron chi connectivity index (χ4n) is 2.02. The number of carbonyl (C=O) groups excluding carboxylic acids is 1. The Kier molecular flexibility index (Phi) is 6.43. The van der Waals surface area contributed by atoms with Crippen LogP contribution in [0, 0.1) is 17.5 Å². The van der Waals surface area contributed by atoms with Crippen LogP contribution in [0.25, 0.3) is 6.08 Å². The van der Waals surface area contributed by atoms with Gasteiger partial charge in [0.2, 0.25) is 5.91 Å². The molecule has 2 aromatic carbocycles. The number of nitrogens with one attached hydrogen (secondary N) is 1. The average Bonchev–Trinajstić information content (AvgIpc) is 2.65. The van der Waals surface area contributed by atoms with Gasteiger partial charge in [0.15, 0.2) is 29.0 Å². The molecule has 0 aliphatic rings. The first-order chi connectivity index (χ1) is 12.5. The second-order valence-corrected chi connectivity index (χ2v) is 5.06. The SMILES string of the molecule is C=CCOc1ccc(/C=C/C(=O)Nc2ccc(F)c(F)c2F)cc1OC. The smallest absolute Gasteiger partial charge is 0.248 e. The monoisotopic (exact) mass is 363 g/mol. The van der Waals surface area contributed by atoms with Crippen LogP contribution in [0.2, 0.25) is 0 Å². The van der Waals surface area contributed by atoms with Crippen molar-refractivity contribution in [2.45, 2.75) is 0 Å². The molecule has 2 rings (SSSR count). The van der Waals surface area contributed by atoms with Gasteiger partial charge in [-0.3, -0.25) is 4.79 Å². The van der Waals surface area contributed by atoms with Crippen molar-refractivity contribution in [2.75, 3.05) is 19.0 Å². The van der Waals surface area contributed by atoms with Crippen molar-refractivity contribution in [1.29, 1.82) is 0 Å². The van der Waals surface area contributed by atoms with E-state index in [0.717, 1.165) is 18.2 Å². The Balaban J connectivity index is 2.10. The van der Waals surface area contributed by atoms with Crippen LogP contribution in [0.1, 0.15) is 5.56 Å². The molecule has 2 aromatic rings. The largest absolute Gasteiger partial charge is 0.493 e. The second-order valence-electron chi connectivity index (χ2n) is 5.06. The van der Waals surface area contributed by atoms with E-state index in [4.69, 9.17) is 9.47 Å². The summed E-state index contributed by atoms with van der Waals surface area (Å²) in [6.07, 6.45) is 4.17. The molecule has 0 fully saturated rings. The predicted octanol–water partition coefficient (Wildman–Crippen LogP) is 4.33. The van der Waals surface area contributed by atoms with Gasteiger partial charge in [0, 0.05) is 6.08 Å². The van der Waals surface area contributed by atoms with Crippen LogP contribution in [0.4, 0.5) is 18.9 Å². The lowest BCUT2D eigenvalue weighted by Gasteiger charge is -2.09. The van der Waals surface area contributed by atoms with Gasteiger partial charge in [-0.1, -0.05) is 18.7 Å². The van der Waals surface area contributed by atoms with Crippen LogP contribution in [-0.2, 0) is 4.79 Å². The summed E-state index contributed by atoms with van der Waals surface area (Å²) in [4.78, 5) is 11.8. The van der Waals surface area contributed by atoms with E-state index < -0.39 is 29.0 Å². The zero-order valence-corrected chi connectivity index (χ0v) is 13.9. The molecular weight excluding hydrogens is 347 g/mol. The van der Waals surface area contributed by atoms with Crippen molar-refractivity contribution < 1.29 is 27.4 Å². The number of halogens is 3. The average molecular weight is 363 g/mol. The van der Waals surface area contributed by atoms with E-state index in [2.05, 4.69) is 11.9 Å². The quantitative estimate of drug-likeness (QED) is 0.453. The first-order valence-corrected chi connectivity index (χ1v) is 7.50. The molecule has 0 atom stereocenters. The van der Waals surface area contributed by atoms with Gasteiger partial charge in [0.25, 0.3) is 0 Å². The summed E-state index contributed by atoms with van der Waals surface area (Å²) in [6.45, 7) is 3.87. The van der Waals surface area contributed by atoms with Gasteiger partial charge < -0.3 is 14.8 Å². The third-order valence-electron chi connectivity index (χ3n) is 3.26. The number of benzene rings is 2. The van der Waals surface area contributed by atoms with Crippen molar-refractivity contribution in [1.82, 2.24) is 0 Å². The molecule has 26 heavy (non-hydrogen) atoms. The Morgan fingerprint density at radius 3 is 2.62 bits per heavy atom. The third-order valence-corrected chi connectivity index (χ3v) is 3.26. The minimum atomic E-state index is -1.65. The number of hydrogen-bond donors (Lipinski definition) is 1. The fourth-order valence-corrected chi connectivity index (χ4v) is 2.02. The molecular formula is C19H16F3NO3. The van der Waals surface area contributed by atoms with Crippen LogP contribution in [0.15, 0.2) is 49.1 Å². The molecule has 1 amide bonds. The van der Waals surface area contributed by atoms with E-state index >= 15 is 0 Å². The molecule has 0 spiro atoms. The molecule has 0 bridgehead atoms. The number of anilines is 1. The molecule has 0 saturated heterocycles. The van der Waals surface area contributed by atoms with Crippen LogP contribution >= 0.6 is 0 Å². The lowest BCUT2D eigenvalue weighted by atomic mass is 10.2. The molecule has 0 saturated carbocycles. The van der Waals surface area contributed by atoms with E-state index in [-0.39, 0.29) is 0 Å². The lowest BCUT2D eigenvalue weighted by molar-refractivity contribution is -0.111. The van der Waals surface area contributed by atoms with Crippen LogP contribution in [-0.4, -0.2) is 19.6 Å². The minimum absolute atomic E-state index is 0.313. The van der Waals surface area contributed by atoms with Crippen LogP contribution in [0.3, 0.4) is 0 Å². The molecule has 0 aliphatic carbocycles. The van der Waals surface area contributed by atoms with E-state index in [1.54, 1.807) is 24.3 Å². The maximum absolute atomic E-state index is 13.5. The van der Waals surface area contributed by atoms with Crippen molar-refractivity contribution >= 4 is 17.7 Å². The third kappa shape index (κ3) is 4.66. The van der Waals surface area contributed by atoms with Gasteiger partial charge in [-0.2, -0.15) is 0 Å². The summed E-state index contributed by atoms with van der Waals surface area (Å²) in [5, 5.41) is 2.14. The second kappa shape index (κ2) is 8.75. The number of amides is 1. The number of carbonyl (C=O) groups is 1. The van der Waals surface area contributed by atoms with Crippen molar-refractivity contribution in [3.8, 4) is 11.5 Å². The molecule has 4 nitrogen and oxygen atoms in total. The van der Waals surface area contributed by atoms with E-state index in [1.807, 2.05) is 0 Å².